The van der Waals surface area contributed by atoms with Gasteiger partial charge in [0.25, 0.3) is 0 Å². The minimum atomic E-state index is -0.0521. The van der Waals surface area contributed by atoms with Crippen molar-refractivity contribution in [2.45, 2.75) is 20.8 Å². The topological polar surface area (TPSA) is 43.8 Å². The fraction of sp³-hybridized carbons (Fsp3) is 0.462. The minimum Gasteiger partial charge on any atom is -0.508 e. The maximum atomic E-state index is 12.1. The van der Waals surface area contributed by atoms with Crippen molar-refractivity contribution < 1.29 is 9.90 Å². The number of aromatic hydroxyl groups is 1. The van der Waals surface area contributed by atoms with Crippen LogP contribution in [0.3, 0.4) is 0 Å². The molecule has 0 saturated carbocycles. The smallest absolute Gasteiger partial charge is 0.324 e. The number of aryl methyl sites for hydroxylation is 1. The second-order valence-electron chi connectivity index (χ2n) is 3.98. The lowest BCUT2D eigenvalue weighted by Crippen LogP contribution is -2.41. The molecule has 1 rings (SSSR count). The van der Waals surface area contributed by atoms with Crippen LogP contribution in [0.4, 0.5) is 10.5 Å². The molecule has 94 valence electrons. The summed E-state index contributed by atoms with van der Waals surface area (Å²) in [5.41, 5.74) is 1.70. The van der Waals surface area contributed by atoms with Crippen LogP contribution in [-0.2, 0) is 0 Å². The Morgan fingerprint density at radius 3 is 2.41 bits per heavy atom. The summed E-state index contributed by atoms with van der Waals surface area (Å²) in [6.07, 6.45) is 0. The molecule has 0 bridgehead atoms. The van der Waals surface area contributed by atoms with Crippen LogP contribution in [0.1, 0.15) is 19.4 Å². The first-order chi connectivity index (χ1) is 8.01. The van der Waals surface area contributed by atoms with Crippen LogP contribution in [-0.4, -0.2) is 36.2 Å². The molecule has 0 aliphatic carbocycles. The number of hydrogen-bond acceptors (Lipinski definition) is 2. The largest absolute Gasteiger partial charge is 0.508 e. The van der Waals surface area contributed by atoms with Gasteiger partial charge in [-0.15, -0.1) is 0 Å². The number of phenols is 1. The van der Waals surface area contributed by atoms with E-state index >= 15 is 0 Å². The Balaban J connectivity index is 2.99. The Morgan fingerprint density at radius 2 is 1.88 bits per heavy atom. The average Bonchev–Trinajstić information content (AvgIpc) is 2.32. The molecular weight excluding hydrogens is 216 g/mol. The highest BCUT2D eigenvalue weighted by Crippen LogP contribution is 2.24. The SMILES string of the molecule is CCN(CC)C(=O)N(C)c1cc(O)ccc1C. The number of carbonyl (C=O) groups is 1. The molecule has 1 aromatic carbocycles. The van der Waals surface area contributed by atoms with Gasteiger partial charge in [-0.05, 0) is 32.4 Å². The number of urea groups is 1. The van der Waals surface area contributed by atoms with Crippen LogP contribution in [0, 0.1) is 6.92 Å². The Hall–Kier alpha value is -1.71. The number of nitrogens with zero attached hydrogens (tertiary/aromatic N) is 2. The molecule has 2 amide bonds. The van der Waals surface area contributed by atoms with Crippen molar-refractivity contribution in [3.63, 3.8) is 0 Å². The second kappa shape index (κ2) is 5.57. The molecule has 0 aliphatic heterocycles. The minimum absolute atomic E-state index is 0.0521. The standard InChI is InChI=1S/C13H20N2O2/c1-5-15(6-2)13(17)14(4)12-9-11(16)8-7-10(12)3/h7-9,16H,5-6H2,1-4H3. The summed E-state index contributed by atoms with van der Waals surface area (Å²) in [6, 6.07) is 4.98. The summed E-state index contributed by atoms with van der Waals surface area (Å²) in [6.45, 7) is 7.17. The van der Waals surface area contributed by atoms with Gasteiger partial charge in [0.05, 0.1) is 5.69 Å². The van der Waals surface area contributed by atoms with E-state index in [4.69, 9.17) is 0 Å². The van der Waals surface area contributed by atoms with Crippen molar-refractivity contribution in [2.24, 2.45) is 0 Å². The normalized spacial score (nSPS) is 10.1. The zero-order valence-electron chi connectivity index (χ0n) is 10.9. The molecule has 17 heavy (non-hydrogen) atoms. The van der Waals surface area contributed by atoms with Gasteiger partial charge >= 0.3 is 6.03 Å². The van der Waals surface area contributed by atoms with E-state index in [1.54, 1.807) is 35.0 Å². The molecule has 0 radical (unpaired) electrons. The van der Waals surface area contributed by atoms with E-state index in [0.29, 0.717) is 13.1 Å². The highest BCUT2D eigenvalue weighted by atomic mass is 16.3. The third-order valence-electron chi connectivity index (χ3n) is 2.87. The van der Waals surface area contributed by atoms with E-state index in [1.807, 2.05) is 20.8 Å². The number of rotatable bonds is 3. The molecule has 0 heterocycles. The van der Waals surface area contributed by atoms with Crippen molar-refractivity contribution in [1.29, 1.82) is 0 Å². The molecule has 0 aliphatic rings. The van der Waals surface area contributed by atoms with Gasteiger partial charge < -0.3 is 10.0 Å². The van der Waals surface area contributed by atoms with Crippen LogP contribution in [0.2, 0.25) is 0 Å². The number of carbonyl (C=O) groups excluding carboxylic acids is 1. The monoisotopic (exact) mass is 236 g/mol. The number of amides is 2. The summed E-state index contributed by atoms with van der Waals surface area (Å²) < 4.78 is 0. The van der Waals surface area contributed by atoms with E-state index in [1.165, 1.54) is 0 Å². The van der Waals surface area contributed by atoms with Gasteiger partial charge in [0.15, 0.2) is 0 Å². The summed E-state index contributed by atoms with van der Waals surface area (Å²) in [7, 11) is 1.72. The third kappa shape index (κ3) is 2.90. The highest BCUT2D eigenvalue weighted by Gasteiger charge is 2.17. The summed E-state index contributed by atoms with van der Waals surface area (Å²) >= 11 is 0. The van der Waals surface area contributed by atoms with Gasteiger partial charge in [0, 0.05) is 26.2 Å². The predicted molar refractivity (Wildman–Crippen MR) is 69.6 cm³/mol. The van der Waals surface area contributed by atoms with Crippen molar-refractivity contribution >= 4 is 11.7 Å². The molecule has 0 spiro atoms. The van der Waals surface area contributed by atoms with Crippen molar-refractivity contribution in [1.82, 2.24) is 4.90 Å². The number of hydrogen-bond donors (Lipinski definition) is 1. The zero-order valence-corrected chi connectivity index (χ0v) is 10.9. The molecule has 0 atom stereocenters. The highest BCUT2D eigenvalue weighted by molar-refractivity contribution is 5.92. The van der Waals surface area contributed by atoms with E-state index in [0.717, 1.165) is 11.3 Å². The molecule has 1 aromatic rings. The molecule has 1 N–H and O–H groups in total. The second-order valence-corrected chi connectivity index (χ2v) is 3.98. The number of phenolic OH excluding ortho intramolecular Hbond substituents is 1. The molecule has 4 heteroatoms. The first-order valence-corrected chi connectivity index (χ1v) is 5.83. The molecule has 0 fully saturated rings. The summed E-state index contributed by atoms with van der Waals surface area (Å²) in [5, 5.41) is 9.47. The van der Waals surface area contributed by atoms with Gasteiger partial charge in [0.2, 0.25) is 0 Å². The third-order valence-corrected chi connectivity index (χ3v) is 2.87. The first-order valence-electron chi connectivity index (χ1n) is 5.83. The fourth-order valence-electron chi connectivity index (χ4n) is 1.77. The molecule has 0 saturated heterocycles. The maximum absolute atomic E-state index is 12.1. The Bertz CT molecular complexity index is 400. The van der Waals surface area contributed by atoms with Crippen LogP contribution in [0.25, 0.3) is 0 Å². The van der Waals surface area contributed by atoms with E-state index in [-0.39, 0.29) is 11.8 Å². The quantitative estimate of drug-likeness (QED) is 0.876. The molecule has 0 unspecified atom stereocenters. The van der Waals surface area contributed by atoms with E-state index < -0.39 is 0 Å². The maximum Gasteiger partial charge on any atom is 0.324 e. The lowest BCUT2D eigenvalue weighted by Gasteiger charge is -2.27. The Morgan fingerprint density at radius 1 is 1.29 bits per heavy atom. The zero-order chi connectivity index (χ0) is 13.0. The van der Waals surface area contributed by atoms with Crippen LogP contribution < -0.4 is 4.90 Å². The number of benzene rings is 1. The lowest BCUT2D eigenvalue weighted by atomic mass is 10.2. The van der Waals surface area contributed by atoms with Crippen molar-refractivity contribution in [2.75, 3.05) is 25.0 Å². The van der Waals surface area contributed by atoms with Gasteiger partial charge in [-0.25, -0.2) is 4.79 Å². The number of anilines is 1. The average molecular weight is 236 g/mol. The lowest BCUT2D eigenvalue weighted by molar-refractivity contribution is 0.211. The molecular formula is C13H20N2O2. The van der Waals surface area contributed by atoms with Crippen LogP contribution in [0.15, 0.2) is 18.2 Å². The van der Waals surface area contributed by atoms with Gasteiger partial charge in [-0.1, -0.05) is 6.07 Å². The van der Waals surface area contributed by atoms with Crippen molar-refractivity contribution in [3.8, 4) is 5.75 Å². The first kappa shape index (κ1) is 13.4. The van der Waals surface area contributed by atoms with Gasteiger partial charge in [0.1, 0.15) is 5.75 Å². The molecule has 4 nitrogen and oxygen atoms in total. The Labute approximate surface area is 102 Å². The van der Waals surface area contributed by atoms with Crippen molar-refractivity contribution in [3.05, 3.63) is 23.8 Å². The Kier molecular flexibility index (Phi) is 4.37. The van der Waals surface area contributed by atoms with Crippen LogP contribution in [0.5, 0.6) is 5.75 Å². The fourth-order valence-corrected chi connectivity index (χ4v) is 1.77. The van der Waals surface area contributed by atoms with E-state index in [2.05, 4.69) is 0 Å². The van der Waals surface area contributed by atoms with Gasteiger partial charge in [-0.3, -0.25) is 4.90 Å². The van der Waals surface area contributed by atoms with Gasteiger partial charge in [-0.2, -0.15) is 0 Å². The summed E-state index contributed by atoms with van der Waals surface area (Å²) in [4.78, 5) is 15.5. The van der Waals surface area contributed by atoms with E-state index in [9.17, 15) is 9.90 Å². The predicted octanol–water partition coefficient (Wildman–Crippen LogP) is 2.60. The molecule has 0 aromatic heterocycles. The van der Waals surface area contributed by atoms with Crippen LogP contribution >= 0.6 is 0 Å². The summed E-state index contributed by atoms with van der Waals surface area (Å²) in [5.74, 6) is 0.171.